The molecule has 25 heavy (non-hydrogen) atoms. The van der Waals surface area contributed by atoms with Gasteiger partial charge in [0.05, 0.1) is 4.90 Å². The molecule has 0 unspecified atom stereocenters. The average Bonchev–Trinajstić information content (AvgIpc) is 3.04. The van der Waals surface area contributed by atoms with Gasteiger partial charge in [-0.2, -0.15) is 9.29 Å². The fraction of sp³-hybridized carbons (Fsp3) is 0.529. The summed E-state index contributed by atoms with van der Waals surface area (Å²) in [6.45, 7) is 6.89. The van der Waals surface area contributed by atoms with Crippen molar-refractivity contribution in [2.24, 2.45) is 0 Å². The van der Waals surface area contributed by atoms with Crippen LogP contribution in [-0.4, -0.2) is 42.0 Å². The monoisotopic (exact) mass is 364 g/mol. The molecule has 0 radical (unpaired) electrons. The molecule has 0 bridgehead atoms. The molecule has 136 valence electrons. The molecule has 2 aromatic rings. The molecule has 0 saturated carbocycles. The lowest BCUT2D eigenvalue weighted by Crippen LogP contribution is -2.42. The average molecular weight is 364 g/mol. The molecule has 3 rings (SSSR count). The van der Waals surface area contributed by atoms with Gasteiger partial charge in [0.15, 0.2) is 5.82 Å². The number of sulfonamides is 1. The number of aromatic nitrogens is 2. The fourth-order valence-electron chi connectivity index (χ4n) is 2.80. The van der Waals surface area contributed by atoms with Gasteiger partial charge in [-0.3, -0.25) is 0 Å². The van der Waals surface area contributed by atoms with Crippen LogP contribution >= 0.6 is 0 Å². The Hall–Kier alpha value is -1.93. The van der Waals surface area contributed by atoms with E-state index in [0.717, 1.165) is 5.56 Å². The van der Waals surface area contributed by atoms with E-state index in [1.54, 1.807) is 16.4 Å². The van der Waals surface area contributed by atoms with Crippen LogP contribution < -0.4 is 5.32 Å². The van der Waals surface area contributed by atoms with Crippen LogP contribution in [0.4, 0.5) is 6.01 Å². The van der Waals surface area contributed by atoms with Gasteiger partial charge in [-0.05, 0) is 31.9 Å². The molecule has 0 amide bonds. The number of nitrogens with one attached hydrogen (secondary N) is 1. The van der Waals surface area contributed by atoms with Gasteiger partial charge in [-0.1, -0.05) is 36.7 Å². The number of piperidine rings is 1. The van der Waals surface area contributed by atoms with Crippen LogP contribution in [0.3, 0.4) is 0 Å². The molecule has 1 aliphatic rings. The zero-order valence-corrected chi connectivity index (χ0v) is 15.6. The van der Waals surface area contributed by atoms with Gasteiger partial charge in [-0.25, -0.2) is 8.42 Å². The van der Waals surface area contributed by atoms with Crippen molar-refractivity contribution >= 4 is 16.0 Å². The number of aryl methyl sites for hydroxylation is 1. The molecule has 1 aromatic heterocycles. The molecule has 1 saturated heterocycles. The van der Waals surface area contributed by atoms with Gasteiger partial charge in [0, 0.05) is 25.0 Å². The lowest BCUT2D eigenvalue weighted by atomic mass is 10.1. The molecule has 0 aliphatic carbocycles. The summed E-state index contributed by atoms with van der Waals surface area (Å²) < 4.78 is 32.2. The molecule has 0 spiro atoms. The first-order valence-electron chi connectivity index (χ1n) is 8.53. The van der Waals surface area contributed by atoms with Crippen LogP contribution in [0.5, 0.6) is 0 Å². The first-order valence-corrected chi connectivity index (χ1v) is 9.97. The summed E-state index contributed by atoms with van der Waals surface area (Å²) in [5.41, 5.74) is 1.04. The predicted molar refractivity (Wildman–Crippen MR) is 95.0 cm³/mol. The molecule has 0 atom stereocenters. The van der Waals surface area contributed by atoms with E-state index in [-0.39, 0.29) is 12.0 Å². The van der Waals surface area contributed by atoms with E-state index in [1.807, 2.05) is 32.9 Å². The number of anilines is 1. The third kappa shape index (κ3) is 4.01. The predicted octanol–water partition coefficient (Wildman–Crippen LogP) is 2.77. The van der Waals surface area contributed by atoms with Crippen LogP contribution in [0.2, 0.25) is 0 Å². The van der Waals surface area contributed by atoms with E-state index in [4.69, 9.17) is 4.52 Å². The van der Waals surface area contributed by atoms with E-state index in [2.05, 4.69) is 15.5 Å². The maximum Gasteiger partial charge on any atom is 0.321 e. The highest BCUT2D eigenvalue weighted by Crippen LogP contribution is 2.23. The Bertz CT molecular complexity index is 807. The Balaban J connectivity index is 1.60. The Labute approximate surface area is 148 Å². The summed E-state index contributed by atoms with van der Waals surface area (Å²) in [6.07, 6.45) is 1.40. The number of benzene rings is 1. The van der Waals surface area contributed by atoms with Crippen molar-refractivity contribution in [3.05, 3.63) is 35.7 Å². The highest BCUT2D eigenvalue weighted by molar-refractivity contribution is 7.89. The van der Waals surface area contributed by atoms with Crippen LogP contribution in [0.25, 0.3) is 0 Å². The maximum atomic E-state index is 12.7. The SMILES string of the molecule is Cc1ccc(S(=O)(=O)N2CCC(Nc3nc(C(C)C)no3)CC2)cc1. The molecule has 2 heterocycles. The summed E-state index contributed by atoms with van der Waals surface area (Å²) >= 11 is 0. The van der Waals surface area contributed by atoms with E-state index in [9.17, 15) is 8.42 Å². The van der Waals surface area contributed by atoms with Crippen molar-refractivity contribution < 1.29 is 12.9 Å². The Morgan fingerprint density at radius 2 is 1.84 bits per heavy atom. The van der Waals surface area contributed by atoms with Crippen molar-refractivity contribution in [2.75, 3.05) is 18.4 Å². The smallest absolute Gasteiger partial charge is 0.321 e. The minimum absolute atomic E-state index is 0.130. The largest absolute Gasteiger partial charge is 0.335 e. The minimum atomic E-state index is -3.43. The van der Waals surface area contributed by atoms with E-state index in [1.165, 1.54) is 0 Å². The molecule has 7 nitrogen and oxygen atoms in total. The number of nitrogens with zero attached hydrogens (tertiary/aromatic N) is 3. The van der Waals surface area contributed by atoms with E-state index in [0.29, 0.717) is 42.7 Å². The molecular weight excluding hydrogens is 340 g/mol. The Morgan fingerprint density at radius 1 is 1.20 bits per heavy atom. The summed E-state index contributed by atoms with van der Waals surface area (Å²) in [7, 11) is -3.43. The Kier molecular flexibility index (Phi) is 5.10. The van der Waals surface area contributed by atoms with Gasteiger partial charge < -0.3 is 9.84 Å². The van der Waals surface area contributed by atoms with E-state index >= 15 is 0 Å². The summed E-state index contributed by atoms with van der Waals surface area (Å²) in [5, 5.41) is 7.14. The highest BCUT2D eigenvalue weighted by Gasteiger charge is 2.29. The lowest BCUT2D eigenvalue weighted by Gasteiger charge is -2.31. The second-order valence-corrected chi connectivity index (χ2v) is 8.69. The third-order valence-electron chi connectivity index (χ3n) is 4.40. The summed E-state index contributed by atoms with van der Waals surface area (Å²) in [6, 6.07) is 7.52. The van der Waals surface area contributed by atoms with Crippen molar-refractivity contribution in [3.8, 4) is 0 Å². The van der Waals surface area contributed by atoms with Crippen LogP contribution in [0, 0.1) is 6.92 Å². The zero-order chi connectivity index (χ0) is 18.0. The molecular formula is C17H24N4O3S. The number of hydrogen-bond donors (Lipinski definition) is 1. The second-order valence-electron chi connectivity index (χ2n) is 6.75. The molecule has 1 aromatic carbocycles. The van der Waals surface area contributed by atoms with Crippen LogP contribution in [0.15, 0.2) is 33.7 Å². The zero-order valence-electron chi connectivity index (χ0n) is 14.8. The molecule has 1 fully saturated rings. The first-order chi connectivity index (χ1) is 11.9. The highest BCUT2D eigenvalue weighted by atomic mass is 32.2. The topological polar surface area (TPSA) is 88.3 Å². The number of rotatable bonds is 5. The third-order valence-corrected chi connectivity index (χ3v) is 6.31. The minimum Gasteiger partial charge on any atom is -0.335 e. The lowest BCUT2D eigenvalue weighted by molar-refractivity contribution is 0.323. The quantitative estimate of drug-likeness (QED) is 0.878. The number of hydrogen-bond acceptors (Lipinski definition) is 6. The Morgan fingerprint density at radius 3 is 2.40 bits per heavy atom. The fourth-order valence-corrected chi connectivity index (χ4v) is 4.27. The van der Waals surface area contributed by atoms with Gasteiger partial charge in [-0.15, -0.1) is 0 Å². The van der Waals surface area contributed by atoms with Crippen molar-refractivity contribution in [1.82, 2.24) is 14.4 Å². The normalized spacial score (nSPS) is 17.1. The van der Waals surface area contributed by atoms with Crippen LogP contribution in [0.1, 0.15) is 44.0 Å². The van der Waals surface area contributed by atoms with Crippen molar-refractivity contribution in [1.29, 1.82) is 0 Å². The summed E-state index contributed by atoms with van der Waals surface area (Å²) in [5.74, 6) is 0.877. The van der Waals surface area contributed by atoms with Crippen molar-refractivity contribution in [2.45, 2.75) is 50.5 Å². The maximum absolute atomic E-state index is 12.7. The van der Waals surface area contributed by atoms with Crippen molar-refractivity contribution in [3.63, 3.8) is 0 Å². The molecule has 1 N–H and O–H groups in total. The van der Waals surface area contributed by atoms with Gasteiger partial charge in [0.25, 0.3) is 0 Å². The molecule has 1 aliphatic heterocycles. The second kappa shape index (κ2) is 7.13. The van der Waals surface area contributed by atoms with Gasteiger partial charge >= 0.3 is 6.01 Å². The standard InChI is InChI=1S/C17H24N4O3S/c1-12(2)16-19-17(24-20-16)18-14-8-10-21(11-9-14)25(22,23)15-6-4-13(3)5-7-15/h4-7,12,14H,8-11H2,1-3H3,(H,18,19,20). The van der Waals surface area contributed by atoms with Crippen LogP contribution in [-0.2, 0) is 10.0 Å². The molecule has 8 heteroatoms. The van der Waals surface area contributed by atoms with Gasteiger partial charge in [0.1, 0.15) is 0 Å². The summed E-state index contributed by atoms with van der Waals surface area (Å²) in [4.78, 5) is 4.66. The van der Waals surface area contributed by atoms with E-state index < -0.39 is 10.0 Å². The first kappa shape index (κ1) is 17.9. The van der Waals surface area contributed by atoms with Gasteiger partial charge in [0.2, 0.25) is 10.0 Å².